The van der Waals surface area contributed by atoms with Gasteiger partial charge in [-0.1, -0.05) is 13.0 Å². The number of nitrogens with one attached hydrogen (secondary N) is 1. The highest BCUT2D eigenvalue weighted by molar-refractivity contribution is 5.94. The van der Waals surface area contributed by atoms with Crippen molar-refractivity contribution in [2.45, 2.75) is 32.5 Å². The summed E-state index contributed by atoms with van der Waals surface area (Å²) in [6.45, 7) is 3.09. The lowest BCUT2D eigenvalue weighted by Gasteiger charge is -2.14. The van der Waals surface area contributed by atoms with Crippen molar-refractivity contribution in [3.63, 3.8) is 0 Å². The Kier molecular flexibility index (Phi) is 4.34. The molecule has 0 aliphatic carbocycles. The summed E-state index contributed by atoms with van der Waals surface area (Å²) in [7, 11) is 0. The van der Waals surface area contributed by atoms with Crippen LogP contribution in [0.25, 0.3) is 0 Å². The second-order valence-corrected chi connectivity index (χ2v) is 4.03. The Morgan fingerprint density at radius 3 is 2.56 bits per heavy atom. The van der Waals surface area contributed by atoms with Crippen molar-refractivity contribution in [3.8, 4) is 0 Å². The van der Waals surface area contributed by atoms with Gasteiger partial charge in [0.2, 0.25) is 5.91 Å². The number of anilines is 1. The van der Waals surface area contributed by atoms with Crippen LogP contribution in [0, 0.1) is 6.92 Å². The second-order valence-electron chi connectivity index (χ2n) is 4.03. The summed E-state index contributed by atoms with van der Waals surface area (Å²) in [6.07, 6.45) is -4.01. The molecular weight excluding hydrogens is 245 g/mol. The molecule has 0 bridgehead atoms. The molecule has 0 aliphatic heterocycles. The predicted molar refractivity (Wildman–Crippen MR) is 63.1 cm³/mol. The lowest BCUT2D eigenvalue weighted by Crippen LogP contribution is -2.34. The standard InChI is InChI=1S/C12H15F3N2O/c1-3-10(16)11(18)17-8-5-4-7(2)9(6-8)12(13,14)15/h4-6,10H,3,16H2,1-2H3,(H,17,18)/t10-/m0/s1. The molecule has 1 aromatic carbocycles. The van der Waals surface area contributed by atoms with Gasteiger partial charge in [0.05, 0.1) is 11.6 Å². The number of hydrogen-bond acceptors (Lipinski definition) is 2. The summed E-state index contributed by atoms with van der Waals surface area (Å²) in [6, 6.07) is 2.93. The van der Waals surface area contributed by atoms with Crippen LogP contribution in [0.3, 0.4) is 0 Å². The zero-order chi connectivity index (χ0) is 13.9. The summed E-state index contributed by atoms with van der Waals surface area (Å²) in [5, 5.41) is 2.37. The predicted octanol–water partition coefficient (Wildman–Crippen LogP) is 2.69. The number of rotatable bonds is 3. The molecule has 0 aliphatic rings. The molecular formula is C12H15F3N2O. The topological polar surface area (TPSA) is 55.1 Å². The van der Waals surface area contributed by atoms with Crippen LogP contribution in [0.4, 0.5) is 18.9 Å². The maximum Gasteiger partial charge on any atom is 0.416 e. The van der Waals surface area contributed by atoms with E-state index in [9.17, 15) is 18.0 Å². The third-order valence-corrected chi connectivity index (χ3v) is 2.59. The smallest absolute Gasteiger partial charge is 0.325 e. The Balaban J connectivity index is 2.96. The minimum absolute atomic E-state index is 0.0989. The van der Waals surface area contributed by atoms with Crippen molar-refractivity contribution in [2.24, 2.45) is 5.73 Å². The van der Waals surface area contributed by atoms with E-state index in [1.54, 1.807) is 6.92 Å². The van der Waals surface area contributed by atoms with Crippen molar-refractivity contribution >= 4 is 11.6 Å². The first-order valence-electron chi connectivity index (χ1n) is 5.50. The summed E-state index contributed by atoms with van der Waals surface area (Å²) in [5.74, 6) is -0.491. The Labute approximate surface area is 103 Å². The number of alkyl halides is 3. The van der Waals surface area contributed by atoms with Crippen molar-refractivity contribution in [1.29, 1.82) is 0 Å². The van der Waals surface area contributed by atoms with Crippen LogP contribution in [0.5, 0.6) is 0 Å². The van der Waals surface area contributed by atoms with Crippen molar-refractivity contribution < 1.29 is 18.0 Å². The van der Waals surface area contributed by atoms with Crippen molar-refractivity contribution in [2.75, 3.05) is 5.32 Å². The number of benzene rings is 1. The first kappa shape index (κ1) is 14.5. The van der Waals surface area contributed by atoms with Gasteiger partial charge in [0, 0.05) is 5.69 Å². The van der Waals surface area contributed by atoms with Gasteiger partial charge in [-0.25, -0.2) is 0 Å². The molecule has 0 heterocycles. The maximum absolute atomic E-state index is 12.7. The summed E-state index contributed by atoms with van der Waals surface area (Å²) in [4.78, 5) is 11.5. The molecule has 0 aromatic heterocycles. The number of aryl methyl sites for hydroxylation is 1. The van der Waals surface area contributed by atoms with E-state index in [4.69, 9.17) is 5.73 Å². The van der Waals surface area contributed by atoms with Crippen LogP contribution >= 0.6 is 0 Å². The number of amides is 1. The summed E-state index contributed by atoms with van der Waals surface area (Å²) < 4.78 is 38.0. The fraction of sp³-hybridized carbons (Fsp3) is 0.417. The van der Waals surface area contributed by atoms with Crippen LogP contribution in [0.2, 0.25) is 0 Å². The molecule has 0 radical (unpaired) electrons. The third-order valence-electron chi connectivity index (χ3n) is 2.59. The molecule has 0 saturated heterocycles. The zero-order valence-corrected chi connectivity index (χ0v) is 10.1. The SMILES string of the molecule is CC[C@H](N)C(=O)Nc1ccc(C)c(C(F)(F)F)c1. The highest BCUT2D eigenvalue weighted by Crippen LogP contribution is 2.33. The van der Waals surface area contributed by atoms with Crippen LogP contribution in [-0.2, 0) is 11.0 Å². The lowest BCUT2D eigenvalue weighted by molar-refractivity contribution is -0.138. The molecule has 100 valence electrons. The quantitative estimate of drug-likeness (QED) is 0.877. The minimum atomic E-state index is -4.43. The van der Waals surface area contributed by atoms with Gasteiger partial charge in [0.1, 0.15) is 0 Å². The number of nitrogens with two attached hydrogens (primary N) is 1. The fourth-order valence-corrected chi connectivity index (χ4v) is 1.43. The zero-order valence-electron chi connectivity index (χ0n) is 10.1. The fourth-order valence-electron chi connectivity index (χ4n) is 1.43. The molecule has 1 atom stereocenters. The molecule has 1 amide bonds. The molecule has 0 saturated carbocycles. The number of hydrogen-bond donors (Lipinski definition) is 2. The lowest BCUT2D eigenvalue weighted by atomic mass is 10.1. The third kappa shape index (κ3) is 3.46. The van der Waals surface area contributed by atoms with Gasteiger partial charge in [-0.3, -0.25) is 4.79 Å². The van der Waals surface area contributed by atoms with Crippen LogP contribution in [0.15, 0.2) is 18.2 Å². The van der Waals surface area contributed by atoms with E-state index in [0.29, 0.717) is 6.42 Å². The maximum atomic E-state index is 12.7. The van der Waals surface area contributed by atoms with Crippen molar-refractivity contribution in [3.05, 3.63) is 29.3 Å². The molecule has 6 heteroatoms. The highest BCUT2D eigenvalue weighted by Gasteiger charge is 2.32. The van der Waals surface area contributed by atoms with Crippen LogP contribution < -0.4 is 11.1 Å². The number of halogens is 3. The van der Waals surface area contributed by atoms with E-state index >= 15 is 0 Å². The first-order valence-corrected chi connectivity index (χ1v) is 5.50. The first-order chi connectivity index (χ1) is 8.25. The molecule has 1 aromatic rings. The molecule has 0 unspecified atom stereocenters. The van der Waals surface area contributed by atoms with Gasteiger partial charge in [0.25, 0.3) is 0 Å². The van der Waals surface area contributed by atoms with Gasteiger partial charge in [-0.05, 0) is 31.0 Å². The highest BCUT2D eigenvalue weighted by atomic mass is 19.4. The minimum Gasteiger partial charge on any atom is -0.325 e. The van der Waals surface area contributed by atoms with E-state index in [0.717, 1.165) is 6.07 Å². The molecule has 3 nitrogen and oxygen atoms in total. The number of carbonyl (C=O) groups is 1. The van der Waals surface area contributed by atoms with Crippen molar-refractivity contribution in [1.82, 2.24) is 0 Å². The average Bonchev–Trinajstić information content (AvgIpc) is 2.29. The molecule has 0 spiro atoms. The Hall–Kier alpha value is -1.56. The summed E-state index contributed by atoms with van der Waals surface area (Å²) in [5.41, 5.74) is 4.94. The monoisotopic (exact) mass is 260 g/mol. The van der Waals surface area contributed by atoms with Crippen LogP contribution in [-0.4, -0.2) is 11.9 Å². The second kappa shape index (κ2) is 5.39. The largest absolute Gasteiger partial charge is 0.416 e. The van der Waals surface area contributed by atoms with Gasteiger partial charge in [0.15, 0.2) is 0 Å². The normalized spacial score (nSPS) is 13.2. The molecule has 1 rings (SSSR count). The summed E-state index contributed by atoms with van der Waals surface area (Å²) >= 11 is 0. The Bertz CT molecular complexity index is 443. The van der Waals surface area contributed by atoms with E-state index in [1.807, 2.05) is 0 Å². The van der Waals surface area contributed by atoms with Gasteiger partial charge < -0.3 is 11.1 Å². The number of carbonyl (C=O) groups excluding carboxylic acids is 1. The van der Waals surface area contributed by atoms with E-state index < -0.39 is 23.7 Å². The molecule has 0 fully saturated rings. The van der Waals surface area contributed by atoms with E-state index in [1.165, 1.54) is 19.1 Å². The average molecular weight is 260 g/mol. The molecule has 18 heavy (non-hydrogen) atoms. The van der Waals surface area contributed by atoms with Gasteiger partial charge in [-0.2, -0.15) is 13.2 Å². The van der Waals surface area contributed by atoms with Crippen LogP contribution in [0.1, 0.15) is 24.5 Å². The molecule has 3 N–H and O–H groups in total. The van der Waals surface area contributed by atoms with E-state index in [-0.39, 0.29) is 11.3 Å². The van der Waals surface area contributed by atoms with E-state index in [2.05, 4.69) is 5.32 Å². The van der Waals surface area contributed by atoms with Gasteiger partial charge >= 0.3 is 6.18 Å². The Morgan fingerprint density at radius 2 is 2.06 bits per heavy atom. The van der Waals surface area contributed by atoms with Gasteiger partial charge in [-0.15, -0.1) is 0 Å². The Morgan fingerprint density at radius 1 is 1.44 bits per heavy atom.